The molecule has 0 saturated carbocycles. The predicted molar refractivity (Wildman–Crippen MR) is 80.5 cm³/mol. The van der Waals surface area contributed by atoms with Gasteiger partial charge in [-0.2, -0.15) is 0 Å². The van der Waals surface area contributed by atoms with Gasteiger partial charge >= 0.3 is 0 Å². The monoisotopic (exact) mass is 257 g/mol. The summed E-state index contributed by atoms with van der Waals surface area (Å²) in [7, 11) is 0. The SMILES string of the molecule is Cc1nc(-c2c(C)c(C)cc(C)c2C)c(CCN)[nH]1. The number of rotatable bonds is 3. The van der Waals surface area contributed by atoms with E-state index in [0.29, 0.717) is 6.54 Å². The Labute approximate surface area is 115 Å². The van der Waals surface area contributed by atoms with E-state index in [2.05, 4.69) is 38.7 Å². The third kappa shape index (κ3) is 2.43. The third-order valence-corrected chi connectivity index (χ3v) is 3.89. The van der Waals surface area contributed by atoms with Crippen LogP contribution in [-0.2, 0) is 6.42 Å². The van der Waals surface area contributed by atoms with Gasteiger partial charge in [0.25, 0.3) is 0 Å². The van der Waals surface area contributed by atoms with E-state index in [0.717, 1.165) is 23.6 Å². The highest BCUT2D eigenvalue weighted by atomic mass is 14.9. The highest BCUT2D eigenvalue weighted by Gasteiger charge is 2.16. The van der Waals surface area contributed by atoms with Crippen LogP contribution in [0.5, 0.6) is 0 Å². The molecule has 1 aromatic heterocycles. The maximum absolute atomic E-state index is 5.70. The van der Waals surface area contributed by atoms with Crippen molar-refractivity contribution in [2.24, 2.45) is 5.73 Å². The summed E-state index contributed by atoms with van der Waals surface area (Å²) < 4.78 is 0. The van der Waals surface area contributed by atoms with E-state index < -0.39 is 0 Å². The Bertz CT molecular complexity index is 583. The normalized spacial score (nSPS) is 11.1. The van der Waals surface area contributed by atoms with Crippen molar-refractivity contribution in [1.29, 1.82) is 0 Å². The topological polar surface area (TPSA) is 54.7 Å². The van der Waals surface area contributed by atoms with Gasteiger partial charge in [-0.1, -0.05) is 6.07 Å². The van der Waals surface area contributed by atoms with Crippen molar-refractivity contribution < 1.29 is 0 Å². The Kier molecular flexibility index (Phi) is 3.76. The molecule has 3 nitrogen and oxygen atoms in total. The number of aryl methyl sites for hydroxylation is 3. The van der Waals surface area contributed by atoms with Crippen LogP contribution in [0, 0.1) is 34.6 Å². The molecular weight excluding hydrogens is 234 g/mol. The van der Waals surface area contributed by atoms with Crippen molar-refractivity contribution >= 4 is 0 Å². The summed E-state index contributed by atoms with van der Waals surface area (Å²) in [5, 5.41) is 0. The van der Waals surface area contributed by atoms with E-state index in [9.17, 15) is 0 Å². The minimum atomic E-state index is 0.636. The van der Waals surface area contributed by atoms with Gasteiger partial charge in [0.2, 0.25) is 0 Å². The number of H-pyrrole nitrogens is 1. The molecule has 19 heavy (non-hydrogen) atoms. The van der Waals surface area contributed by atoms with Crippen LogP contribution in [-0.4, -0.2) is 16.5 Å². The molecule has 3 N–H and O–H groups in total. The number of nitrogens with two attached hydrogens (primary N) is 1. The van der Waals surface area contributed by atoms with E-state index in [1.807, 2.05) is 6.92 Å². The second-order valence-corrected chi connectivity index (χ2v) is 5.32. The number of nitrogens with zero attached hydrogens (tertiary/aromatic N) is 1. The van der Waals surface area contributed by atoms with Gasteiger partial charge in [-0.05, 0) is 63.4 Å². The van der Waals surface area contributed by atoms with Crippen LogP contribution in [0.25, 0.3) is 11.3 Å². The number of hydrogen-bond acceptors (Lipinski definition) is 2. The maximum Gasteiger partial charge on any atom is 0.103 e. The van der Waals surface area contributed by atoms with Crippen LogP contribution in [0.2, 0.25) is 0 Å². The molecule has 0 unspecified atom stereocenters. The zero-order valence-electron chi connectivity index (χ0n) is 12.5. The summed E-state index contributed by atoms with van der Waals surface area (Å²) in [5.74, 6) is 0.955. The number of imidazole rings is 1. The van der Waals surface area contributed by atoms with Crippen LogP contribution < -0.4 is 5.73 Å². The Balaban J connectivity index is 2.71. The molecule has 0 amide bonds. The smallest absolute Gasteiger partial charge is 0.103 e. The Morgan fingerprint density at radius 3 is 2.16 bits per heavy atom. The van der Waals surface area contributed by atoms with Gasteiger partial charge in [0.1, 0.15) is 5.82 Å². The first-order chi connectivity index (χ1) is 8.95. The van der Waals surface area contributed by atoms with Gasteiger partial charge in [-0.3, -0.25) is 0 Å². The maximum atomic E-state index is 5.70. The van der Waals surface area contributed by atoms with Gasteiger partial charge in [0, 0.05) is 17.7 Å². The lowest BCUT2D eigenvalue weighted by molar-refractivity contribution is 0.930. The number of nitrogens with one attached hydrogen (secondary N) is 1. The quantitative estimate of drug-likeness (QED) is 0.887. The fourth-order valence-corrected chi connectivity index (χ4v) is 2.64. The number of aromatic nitrogens is 2. The molecular formula is C16H23N3. The summed E-state index contributed by atoms with van der Waals surface area (Å²) in [6.07, 6.45) is 0.835. The third-order valence-electron chi connectivity index (χ3n) is 3.89. The van der Waals surface area contributed by atoms with E-state index in [1.54, 1.807) is 0 Å². The van der Waals surface area contributed by atoms with Crippen molar-refractivity contribution in [2.75, 3.05) is 6.54 Å². The van der Waals surface area contributed by atoms with Gasteiger partial charge in [0.05, 0.1) is 5.69 Å². The molecule has 102 valence electrons. The molecule has 1 heterocycles. The fourth-order valence-electron chi connectivity index (χ4n) is 2.64. The number of aromatic amines is 1. The zero-order chi connectivity index (χ0) is 14.2. The van der Waals surface area contributed by atoms with Crippen LogP contribution in [0.15, 0.2) is 6.07 Å². The molecule has 0 saturated heterocycles. The molecule has 2 aromatic rings. The van der Waals surface area contributed by atoms with Crippen LogP contribution in [0.4, 0.5) is 0 Å². The van der Waals surface area contributed by atoms with Crippen molar-refractivity contribution in [3.8, 4) is 11.3 Å². The summed E-state index contributed by atoms with van der Waals surface area (Å²) in [5.41, 5.74) is 14.5. The molecule has 0 spiro atoms. The second kappa shape index (κ2) is 5.17. The lowest BCUT2D eigenvalue weighted by Gasteiger charge is -2.15. The molecule has 3 heteroatoms. The molecule has 0 bridgehead atoms. The molecule has 0 fully saturated rings. The first-order valence-corrected chi connectivity index (χ1v) is 6.79. The Hall–Kier alpha value is -1.61. The van der Waals surface area contributed by atoms with Crippen molar-refractivity contribution in [2.45, 2.75) is 41.0 Å². The van der Waals surface area contributed by atoms with E-state index >= 15 is 0 Å². The summed E-state index contributed by atoms with van der Waals surface area (Å²) in [6, 6.07) is 2.25. The minimum absolute atomic E-state index is 0.636. The van der Waals surface area contributed by atoms with Crippen molar-refractivity contribution in [3.63, 3.8) is 0 Å². The average Bonchev–Trinajstić information content (AvgIpc) is 2.69. The lowest BCUT2D eigenvalue weighted by Crippen LogP contribution is -2.05. The molecule has 0 aliphatic heterocycles. The van der Waals surface area contributed by atoms with Crippen molar-refractivity contribution in [3.05, 3.63) is 39.8 Å². The predicted octanol–water partition coefficient (Wildman–Crippen LogP) is 3.12. The molecule has 0 radical (unpaired) electrons. The van der Waals surface area contributed by atoms with Crippen LogP contribution in [0.1, 0.15) is 33.8 Å². The van der Waals surface area contributed by atoms with E-state index in [4.69, 9.17) is 10.7 Å². The molecule has 0 aliphatic rings. The largest absolute Gasteiger partial charge is 0.346 e. The van der Waals surface area contributed by atoms with Crippen LogP contribution in [0.3, 0.4) is 0 Å². The standard InChI is InChI=1S/C16H23N3/c1-9-8-10(2)12(4)15(11(9)3)16-14(6-7-17)18-13(5)19-16/h8H,6-7,17H2,1-5H3,(H,18,19). The molecule has 0 atom stereocenters. The van der Waals surface area contributed by atoms with Gasteiger partial charge < -0.3 is 10.7 Å². The van der Waals surface area contributed by atoms with Gasteiger partial charge in [0.15, 0.2) is 0 Å². The first-order valence-electron chi connectivity index (χ1n) is 6.79. The summed E-state index contributed by atoms with van der Waals surface area (Å²) >= 11 is 0. The van der Waals surface area contributed by atoms with E-state index in [-0.39, 0.29) is 0 Å². The fraction of sp³-hybridized carbons (Fsp3) is 0.438. The number of hydrogen-bond donors (Lipinski definition) is 2. The Morgan fingerprint density at radius 2 is 1.63 bits per heavy atom. The van der Waals surface area contributed by atoms with Gasteiger partial charge in [-0.15, -0.1) is 0 Å². The highest BCUT2D eigenvalue weighted by molar-refractivity contribution is 5.72. The first kappa shape index (κ1) is 13.8. The lowest BCUT2D eigenvalue weighted by atomic mass is 9.91. The molecule has 2 rings (SSSR count). The van der Waals surface area contributed by atoms with Crippen molar-refractivity contribution in [1.82, 2.24) is 9.97 Å². The van der Waals surface area contributed by atoms with Gasteiger partial charge in [-0.25, -0.2) is 4.98 Å². The highest BCUT2D eigenvalue weighted by Crippen LogP contribution is 2.32. The second-order valence-electron chi connectivity index (χ2n) is 5.32. The average molecular weight is 257 g/mol. The summed E-state index contributed by atoms with van der Waals surface area (Å²) in [4.78, 5) is 8.04. The van der Waals surface area contributed by atoms with Crippen LogP contribution >= 0.6 is 0 Å². The minimum Gasteiger partial charge on any atom is -0.346 e. The Morgan fingerprint density at radius 1 is 1.05 bits per heavy atom. The van der Waals surface area contributed by atoms with E-state index in [1.165, 1.54) is 27.8 Å². The zero-order valence-corrected chi connectivity index (χ0v) is 12.5. The molecule has 1 aromatic carbocycles. The molecule has 0 aliphatic carbocycles. The number of benzene rings is 1. The summed E-state index contributed by atoms with van der Waals surface area (Å²) in [6.45, 7) is 11.3.